The number of hydrogen-bond acceptors (Lipinski definition) is 3. The maximum atomic E-state index is 14.1. The fourth-order valence-electron chi connectivity index (χ4n) is 2.86. The molecular weight excluding hydrogens is 424 g/mol. The predicted octanol–water partition coefficient (Wildman–Crippen LogP) is 5.10. The van der Waals surface area contributed by atoms with Gasteiger partial charge in [0.25, 0.3) is 0 Å². The molecule has 2 heterocycles. The number of halogens is 5. The minimum Gasteiger partial charge on any atom is -0.288 e. The third-order valence-corrected chi connectivity index (χ3v) is 4.63. The summed E-state index contributed by atoms with van der Waals surface area (Å²) in [5, 5.41) is 4.20. The molecule has 0 fully saturated rings. The van der Waals surface area contributed by atoms with Crippen LogP contribution in [-0.4, -0.2) is 19.7 Å². The van der Waals surface area contributed by atoms with E-state index in [4.69, 9.17) is 11.6 Å². The zero-order chi connectivity index (χ0) is 21.5. The Labute approximate surface area is 171 Å². The first-order chi connectivity index (χ1) is 14.2. The molecule has 0 saturated heterocycles. The van der Waals surface area contributed by atoms with Gasteiger partial charge in [0.15, 0.2) is 5.82 Å². The minimum absolute atomic E-state index is 0.0255. The van der Waals surface area contributed by atoms with Crippen molar-refractivity contribution in [3.05, 3.63) is 87.8 Å². The van der Waals surface area contributed by atoms with Crippen molar-refractivity contribution in [3.8, 4) is 28.2 Å². The van der Waals surface area contributed by atoms with E-state index >= 15 is 0 Å². The van der Waals surface area contributed by atoms with Gasteiger partial charge in [-0.15, -0.1) is 5.10 Å². The smallest absolute Gasteiger partial charge is 0.288 e. The molecule has 2 aromatic carbocycles. The maximum Gasteiger partial charge on any atom is 0.433 e. The fraction of sp³-hybridized carbons (Fsp3) is 0.0500. The standard InChI is InChI=1S/C20H11ClF4N4O/c21-14-2-1-3-15(22)17(14)18-27-19(30)29(28-18)13-7-4-11(5-8-13)12-6-9-16(26-10-12)20(23,24)25/h1-10H,(H,27,28,30). The lowest BCUT2D eigenvalue weighted by Gasteiger charge is -2.07. The van der Waals surface area contributed by atoms with E-state index in [1.165, 1.54) is 24.3 Å². The van der Waals surface area contributed by atoms with E-state index < -0.39 is 23.4 Å². The molecule has 0 aliphatic rings. The number of nitrogens with one attached hydrogen (secondary N) is 1. The summed E-state index contributed by atoms with van der Waals surface area (Å²) in [6.07, 6.45) is -3.39. The molecule has 1 N–H and O–H groups in total. The van der Waals surface area contributed by atoms with Gasteiger partial charge in [-0.1, -0.05) is 35.9 Å². The zero-order valence-corrected chi connectivity index (χ0v) is 15.7. The number of nitrogens with zero attached hydrogens (tertiary/aromatic N) is 3. The average molecular weight is 435 g/mol. The Hall–Kier alpha value is -3.46. The van der Waals surface area contributed by atoms with E-state index in [2.05, 4.69) is 15.1 Å². The number of rotatable bonds is 3. The first-order valence-electron chi connectivity index (χ1n) is 8.52. The molecular formula is C20H11ClF4N4O. The average Bonchev–Trinajstić information content (AvgIpc) is 3.08. The lowest BCUT2D eigenvalue weighted by molar-refractivity contribution is -0.141. The van der Waals surface area contributed by atoms with Crippen molar-refractivity contribution in [1.29, 1.82) is 0 Å². The van der Waals surface area contributed by atoms with Gasteiger partial charge in [-0.25, -0.2) is 9.18 Å². The Balaban J connectivity index is 1.65. The number of benzene rings is 2. The van der Waals surface area contributed by atoms with Crippen molar-refractivity contribution >= 4 is 11.6 Å². The van der Waals surface area contributed by atoms with Crippen molar-refractivity contribution in [3.63, 3.8) is 0 Å². The minimum atomic E-state index is -4.51. The van der Waals surface area contributed by atoms with Crippen LogP contribution in [0.3, 0.4) is 0 Å². The normalized spacial score (nSPS) is 11.6. The Kier molecular flexibility index (Phi) is 4.90. The van der Waals surface area contributed by atoms with Crippen LogP contribution in [0.1, 0.15) is 5.69 Å². The van der Waals surface area contributed by atoms with E-state index in [9.17, 15) is 22.4 Å². The molecule has 4 aromatic rings. The van der Waals surface area contributed by atoms with Crippen LogP contribution in [-0.2, 0) is 6.18 Å². The summed E-state index contributed by atoms with van der Waals surface area (Å²) in [5.74, 6) is -0.660. The van der Waals surface area contributed by atoms with Crippen LogP contribution in [0.25, 0.3) is 28.2 Å². The highest BCUT2D eigenvalue weighted by atomic mass is 35.5. The third kappa shape index (κ3) is 3.71. The van der Waals surface area contributed by atoms with Gasteiger partial charge >= 0.3 is 11.9 Å². The van der Waals surface area contributed by atoms with E-state index in [0.717, 1.165) is 16.9 Å². The maximum absolute atomic E-state index is 14.1. The molecule has 0 aliphatic carbocycles. The SMILES string of the molecule is O=c1[nH]c(-c2c(F)cccc2Cl)nn1-c1ccc(-c2ccc(C(F)(F)F)nc2)cc1. The summed E-state index contributed by atoms with van der Waals surface area (Å²) in [5.41, 5.74) is -0.164. The van der Waals surface area contributed by atoms with Crippen LogP contribution in [0.4, 0.5) is 17.6 Å². The van der Waals surface area contributed by atoms with Gasteiger partial charge < -0.3 is 0 Å². The number of aromatic amines is 1. The summed E-state index contributed by atoms with van der Waals surface area (Å²) in [6.45, 7) is 0. The molecule has 0 unspecified atom stereocenters. The largest absolute Gasteiger partial charge is 0.433 e. The van der Waals surface area contributed by atoms with Gasteiger partial charge in [0.1, 0.15) is 11.5 Å². The molecule has 0 aliphatic heterocycles. The van der Waals surface area contributed by atoms with E-state index in [1.54, 1.807) is 24.3 Å². The first kappa shape index (κ1) is 19.8. The van der Waals surface area contributed by atoms with Gasteiger partial charge in [0, 0.05) is 11.8 Å². The number of alkyl halides is 3. The summed E-state index contributed by atoms with van der Waals surface area (Å²) in [7, 11) is 0. The monoisotopic (exact) mass is 434 g/mol. The van der Waals surface area contributed by atoms with Crippen LogP contribution in [0, 0.1) is 5.82 Å². The first-order valence-corrected chi connectivity index (χ1v) is 8.89. The number of aromatic nitrogens is 4. The topological polar surface area (TPSA) is 63.6 Å². The molecule has 0 spiro atoms. The molecule has 2 aromatic heterocycles. The lowest BCUT2D eigenvalue weighted by Crippen LogP contribution is -2.15. The number of H-pyrrole nitrogens is 1. The van der Waals surface area contributed by atoms with Crippen molar-refractivity contribution < 1.29 is 17.6 Å². The second kappa shape index (κ2) is 7.42. The van der Waals surface area contributed by atoms with Gasteiger partial charge in [-0.3, -0.25) is 9.97 Å². The predicted molar refractivity (Wildman–Crippen MR) is 103 cm³/mol. The Morgan fingerprint density at radius 3 is 2.27 bits per heavy atom. The number of pyridine rings is 1. The second-order valence-corrected chi connectivity index (χ2v) is 6.67. The Morgan fingerprint density at radius 1 is 0.967 bits per heavy atom. The quantitative estimate of drug-likeness (QED) is 0.456. The van der Waals surface area contributed by atoms with E-state index in [-0.39, 0.29) is 16.4 Å². The van der Waals surface area contributed by atoms with Crippen LogP contribution in [0.2, 0.25) is 5.02 Å². The molecule has 0 atom stereocenters. The van der Waals surface area contributed by atoms with Gasteiger partial charge in [0.2, 0.25) is 0 Å². The number of hydrogen-bond donors (Lipinski definition) is 1. The van der Waals surface area contributed by atoms with E-state index in [1.807, 2.05) is 0 Å². The highest BCUT2D eigenvalue weighted by Crippen LogP contribution is 2.30. The molecule has 5 nitrogen and oxygen atoms in total. The molecule has 10 heteroatoms. The molecule has 0 radical (unpaired) electrons. The molecule has 4 rings (SSSR count). The van der Waals surface area contributed by atoms with E-state index in [0.29, 0.717) is 16.8 Å². The molecule has 0 bridgehead atoms. The summed E-state index contributed by atoms with van der Waals surface area (Å²) >= 11 is 6.01. The molecule has 152 valence electrons. The van der Waals surface area contributed by atoms with Gasteiger partial charge in [-0.2, -0.15) is 17.9 Å². The van der Waals surface area contributed by atoms with Crippen LogP contribution in [0.5, 0.6) is 0 Å². The third-order valence-electron chi connectivity index (χ3n) is 4.32. The van der Waals surface area contributed by atoms with Gasteiger partial charge in [0.05, 0.1) is 16.3 Å². The summed E-state index contributed by atoms with van der Waals surface area (Å²) < 4.78 is 53.0. The zero-order valence-electron chi connectivity index (χ0n) is 14.9. The highest BCUT2D eigenvalue weighted by molar-refractivity contribution is 6.33. The second-order valence-electron chi connectivity index (χ2n) is 6.26. The van der Waals surface area contributed by atoms with Crippen LogP contribution in [0.15, 0.2) is 65.6 Å². The molecule has 0 saturated carbocycles. The van der Waals surface area contributed by atoms with Crippen molar-refractivity contribution in [2.24, 2.45) is 0 Å². The summed E-state index contributed by atoms with van der Waals surface area (Å²) in [6, 6.07) is 12.6. The van der Waals surface area contributed by atoms with Crippen molar-refractivity contribution in [1.82, 2.24) is 19.7 Å². The van der Waals surface area contributed by atoms with Gasteiger partial charge in [-0.05, 0) is 35.9 Å². The Bertz CT molecular complexity index is 1240. The lowest BCUT2D eigenvalue weighted by atomic mass is 10.1. The van der Waals surface area contributed by atoms with Crippen LogP contribution >= 0.6 is 11.6 Å². The molecule has 30 heavy (non-hydrogen) atoms. The highest BCUT2D eigenvalue weighted by Gasteiger charge is 2.32. The van der Waals surface area contributed by atoms with Crippen molar-refractivity contribution in [2.75, 3.05) is 0 Å². The Morgan fingerprint density at radius 2 is 1.67 bits per heavy atom. The van der Waals surface area contributed by atoms with Crippen LogP contribution < -0.4 is 5.69 Å². The fourth-order valence-corrected chi connectivity index (χ4v) is 3.12. The van der Waals surface area contributed by atoms with Crippen molar-refractivity contribution in [2.45, 2.75) is 6.18 Å². The molecule has 0 amide bonds. The summed E-state index contributed by atoms with van der Waals surface area (Å²) in [4.78, 5) is 18.2.